The van der Waals surface area contributed by atoms with Crippen LogP contribution in [0.4, 0.5) is 0 Å². The summed E-state index contributed by atoms with van der Waals surface area (Å²) >= 11 is 0. The first kappa shape index (κ1) is 14.8. The standard InChI is InChI=1S/C16H23N3O/c1-17-12-14-11-13-7-4-5-8-15(13)16(18-14)20-10-6-9-19(2)3/h4-5,7-8,11,17H,6,9-10,12H2,1-3H3. The lowest BCUT2D eigenvalue weighted by Gasteiger charge is -2.12. The third-order valence-electron chi connectivity index (χ3n) is 3.10. The highest BCUT2D eigenvalue weighted by Gasteiger charge is 2.06. The molecule has 0 aliphatic heterocycles. The van der Waals surface area contributed by atoms with E-state index in [1.54, 1.807) is 0 Å². The predicted molar refractivity (Wildman–Crippen MR) is 83.2 cm³/mol. The number of rotatable bonds is 7. The van der Waals surface area contributed by atoms with Crippen LogP contribution in [0, 0.1) is 0 Å². The highest BCUT2D eigenvalue weighted by atomic mass is 16.5. The van der Waals surface area contributed by atoms with Crippen molar-refractivity contribution < 1.29 is 4.74 Å². The molecule has 0 saturated heterocycles. The first-order chi connectivity index (χ1) is 9.70. The van der Waals surface area contributed by atoms with Crippen molar-refractivity contribution in [1.82, 2.24) is 15.2 Å². The van der Waals surface area contributed by atoms with Gasteiger partial charge in [0, 0.05) is 18.5 Å². The minimum atomic E-state index is 0.693. The van der Waals surface area contributed by atoms with Crippen LogP contribution >= 0.6 is 0 Å². The molecule has 2 rings (SSSR count). The van der Waals surface area contributed by atoms with Gasteiger partial charge in [0.05, 0.1) is 12.3 Å². The first-order valence-corrected chi connectivity index (χ1v) is 7.01. The van der Waals surface area contributed by atoms with Gasteiger partial charge in [-0.05, 0) is 45.1 Å². The van der Waals surface area contributed by atoms with E-state index < -0.39 is 0 Å². The molecule has 0 bridgehead atoms. The smallest absolute Gasteiger partial charge is 0.221 e. The molecule has 1 N–H and O–H groups in total. The maximum absolute atomic E-state index is 5.89. The number of benzene rings is 1. The molecule has 0 amide bonds. The Morgan fingerprint density at radius 1 is 1.25 bits per heavy atom. The summed E-state index contributed by atoms with van der Waals surface area (Å²) in [6.07, 6.45) is 0.999. The van der Waals surface area contributed by atoms with Gasteiger partial charge >= 0.3 is 0 Å². The van der Waals surface area contributed by atoms with Gasteiger partial charge in [-0.15, -0.1) is 0 Å². The van der Waals surface area contributed by atoms with Crippen molar-refractivity contribution in [3.8, 4) is 5.88 Å². The van der Waals surface area contributed by atoms with Crippen LogP contribution in [-0.4, -0.2) is 44.2 Å². The lowest BCUT2D eigenvalue weighted by molar-refractivity contribution is 0.275. The molecule has 108 valence electrons. The summed E-state index contributed by atoms with van der Waals surface area (Å²) in [6.45, 7) is 2.46. The Morgan fingerprint density at radius 2 is 2.05 bits per heavy atom. The Bertz CT molecular complexity index is 554. The molecule has 0 atom stereocenters. The SMILES string of the molecule is CNCc1cc2ccccc2c(OCCCN(C)C)n1. The summed E-state index contributed by atoms with van der Waals surface area (Å²) in [4.78, 5) is 6.77. The van der Waals surface area contributed by atoms with Crippen molar-refractivity contribution in [3.63, 3.8) is 0 Å². The number of nitrogens with one attached hydrogen (secondary N) is 1. The summed E-state index contributed by atoms with van der Waals surface area (Å²) < 4.78 is 5.89. The first-order valence-electron chi connectivity index (χ1n) is 7.01. The summed E-state index contributed by atoms with van der Waals surface area (Å²) in [7, 11) is 6.07. The molecule has 0 fully saturated rings. The van der Waals surface area contributed by atoms with E-state index in [0.29, 0.717) is 6.61 Å². The van der Waals surface area contributed by atoms with Crippen LogP contribution in [-0.2, 0) is 6.54 Å². The van der Waals surface area contributed by atoms with Crippen LogP contribution in [0.5, 0.6) is 5.88 Å². The van der Waals surface area contributed by atoms with E-state index >= 15 is 0 Å². The highest BCUT2D eigenvalue weighted by molar-refractivity contribution is 5.87. The van der Waals surface area contributed by atoms with Gasteiger partial charge in [-0.3, -0.25) is 0 Å². The zero-order valence-electron chi connectivity index (χ0n) is 12.5. The van der Waals surface area contributed by atoms with Gasteiger partial charge < -0.3 is 15.0 Å². The topological polar surface area (TPSA) is 37.4 Å². The number of hydrogen-bond donors (Lipinski definition) is 1. The maximum Gasteiger partial charge on any atom is 0.221 e. The van der Waals surface area contributed by atoms with Crippen molar-refractivity contribution >= 4 is 10.8 Å². The number of aromatic nitrogens is 1. The van der Waals surface area contributed by atoms with E-state index in [9.17, 15) is 0 Å². The molecule has 2 aromatic rings. The molecule has 0 unspecified atom stereocenters. The van der Waals surface area contributed by atoms with Crippen molar-refractivity contribution in [3.05, 3.63) is 36.0 Å². The zero-order valence-corrected chi connectivity index (χ0v) is 12.5. The second-order valence-electron chi connectivity index (χ2n) is 5.18. The van der Waals surface area contributed by atoms with Gasteiger partial charge in [-0.2, -0.15) is 0 Å². The fraction of sp³-hybridized carbons (Fsp3) is 0.438. The van der Waals surface area contributed by atoms with Gasteiger partial charge in [0.25, 0.3) is 0 Å². The van der Waals surface area contributed by atoms with Gasteiger partial charge in [0.15, 0.2) is 0 Å². The Balaban J connectivity index is 2.16. The Labute approximate surface area is 120 Å². The van der Waals surface area contributed by atoms with E-state index in [-0.39, 0.29) is 0 Å². The predicted octanol–water partition coefficient (Wildman–Crippen LogP) is 2.28. The number of ether oxygens (including phenoxy) is 1. The van der Waals surface area contributed by atoms with Crippen LogP contribution < -0.4 is 10.1 Å². The molecule has 0 radical (unpaired) electrons. The molecule has 1 heterocycles. The van der Waals surface area contributed by atoms with E-state index in [1.165, 1.54) is 5.39 Å². The normalized spacial score (nSPS) is 11.2. The molecule has 20 heavy (non-hydrogen) atoms. The van der Waals surface area contributed by atoms with Gasteiger partial charge in [-0.1, -0.05) is 18.2 Å². The quantitative estimate of drug-likeness (QED) is 0.785. The molecule has 1 aromatic carbocycles. The molecule has 0 aliphatic carbocycles. The maximum atomic E-state index is 5.89. The highest BCUT2D eigenvalue weighted by Crippen LogP contribution is 2.24. The zero-order chi connectivity index (χ0) is 14.4. The third-order valence-corrected chi connectivity index (χ3v) is 3.10. The largest absolute Gasteiger partial charge is 0.477 e. The number of pyridine rings is 1. The van der Waals surface area contributed by atoms with E-state index in [0.717, 1.165) is 36.5 Å². The lowest BCUT2D eigenvalue weighted by Crippen LogP contribution is -2.16. The molecule has 0 spiro atoms. The van der Waals surface area contributed by atoms with E-state index in [2.05, 4.69) is 47.5 Å². The monoisotopic (exact) mass is 273 g/mol. The van der Waals surface area contributed by atoms with Crippen molar-refractivity contribution in [2.24, 2.45) is 0 Å². The summed E-state index contributed by atoms with van der Waals surface area (Å²) in [5.74, 6) is 0.743. The fourth-order valence-corrected chi connectivity index (χ4v) is 2.15. The van der Waals surface area contributed by atoms with Crippen LogP contribution in [0.1, 0.15) is 12.1 Å². The molecule has 4 nitrogen and oxygen atoms in total. The molecule has 4 heteroatoms. The molecule has 0 saturated carbocycles. The third kappa shape index (κ3) is 3.92. The summed E-state index contributed by atoms with van der Waals surface area (Å²) in [5.41, 5.74) is 1.01. The number of nitrogens with zero attached hydrogens (tertiary/aromatic N) is 2. The average Bonchev–Trinajstić information content (AvgIpc) is 2.43. The Hall–Kier alpha value is -1.65. The molecular formula is C16H23N3O. The van der Waals surface area contributed by atoms with Gasteiger partial charge in [-0.25, -0.2) is 4.98 Å². The van der Waals surface area contributed by atoms with Crippen molar-refractivity contribution in [1.29, 1.82) is 0 Å². The fourth-order valence-electron chi connectivity index (χ4n) is 2.15. The van der Waals surface area contributed by atoms with E-state index in [4.69, 9.17) is 4.74 Å². The average molecular weight is 273 g/mol. The summed E-state index contributed by atoms with van der Waals surface area (Å²) in [5, 5.41) is 5.39. The number of fused-ring (bicyclic) bond motifs is 1. The second-order valence-corrected chi connectivity index (χ2v) is 5.18. The lowest BCUT2D eigenvalue weighted by atomic mass is 10.1. The Kier molecular flexibility index (Phi) is 5.32. The van der Waals surface area contributed by atoms with Crippen molar-refractivity contribution in [2.45, 2.75) is 13.0 Å². The van der Waals surface area contributed by atoms with Crippen LogP contribution in [0.2, 0.25) is 0 Å². The second kappa shape index (κ2) is 7.22. The van der Waals surface area contributed by atoms with E-state index in [1.807, 2.05) is 19.2 Å². The molecule has 1 aromatic heterocycles. The van der Waals surface area contributed by atoms with Crippen molar-refractivity contribution in [2.75, 3.05) is 34.3 Å². The van der Waals surface area contributed by atoms with Crippen LogP contribution in [0.25, 0.3) is 10.8 Å². The van der Waals surface area contributed by atoms with Crippen LogP contribution in [0.15, 0.2) is 30.3 Å². The van der Waals surface area contributed by atoms with Gasteiger partial charge in [0.1, 0.15) is 0 Å². The minimum absolute atomic E-state index is 0.693. The Morgan fingerprint density at radius 3 is 2.80 bits per heavy atom. The van der Waals surface area contributed by atoms with Crippen LogP contribution in [0.3, 0.4) is 0 Å². The molecule has 0 aliphatic rings. The molecular weight excluding hydrogens is 250 g/mol. The van der Waals surface area contributed by atoms with Gasteiger partial charge in [0.2, 0.25) is 5.88 Å². The number of hydrogen-bond acceptors (Lipinski definition) is 4. The minimum Gasteiger partial charge on any atom is -0.477 e. The summed E-state index contributed by atoms with van der Waals surface area (Å²) in [6, 6.07) is 10.3.